The van der Waals surface area contributed by atoms with Gasteiger partial charge in [-0.1, -0.05) is 26.0 Å². The summed E-state index contributed by atoms with van der Waals surface area (Å²) >= 11 is 0. The Morgan fingerprint density at radius 1 is 0.947 bits per heavy atom. The highest BCUT2D eigenvalue weighted by atomic mass is 19.4. The predicted octanol–water partition coefficient (Wildman–Crippen LogP) is 3.45. The molecule has 0 saturated carbocycles. The summed E-state index contributed by atoms with van der Waals surface area (Å²) in [5, 5.41) is 0. The lowest BCUT2D eigenvalue weighted by Gasteiger charge is -2.36. The van der Waals surface area contributed by atoms with E-state index in [0.717, 1.165) is 5.69 Å². The zero-order chi connectivity index (χ0) is 14.0. The molecule has 0 N–H and O–H groups in total. The molecule has 0 bridgehead atoms. The molecule has 5 heteroatoms. The summed E-state index contributed by atoms with van der Waals surface area (Å²) < 4.78 is 37.6. The minimum Gasteiger partial charge on any atom is -0.369 e. The molecule has 2 nitrogen and oxygen atoms in total. The van der Waals surface area contributed by atoms with Crippen LogP contribution in [0.2, 0.25) is 0 Å². The summed E-state index contributed by atoms with van der Waals surface area (Å²) in [4.78, 5) is 2.58. The van der Waals surface area contributed by atoms with Crippen LogP contribution in [-0.4, -0.2) is 37.4 Å². The number of hydrogen-bond acceptors (Lipinski definition) is 2. The Balaban J connectivity index is 1.98. The van der Waals surface area contributed by atoms with Crippen molar-refractivity contribution in [1.29, 1.82) is 0 Å². The maximum absolute atomic E-state index is 12.5. The van der Waals surface area contributed by atoms with E-state index in [1.165, 1.54) is 5.56 Å². The Morgan fingerprint density at radius 2 is 1.47 bits per heavy atom. The normalized spacial score (nSPS) is 18.1. The number of rotatable bonds is 2. The van der Waals surface area contributed by atoms with E-state index in [9.17, 15) is 13.2 Å². The Bertz CT molecular complexity index is 404. The molecule has 1 aliphatic rings. The minimum absolute atomic E-state index is 0.0371. The van der Waals surface area contributed by atoms with Crippen molar-refractivity contribution in [1.82, 2.24) is 4.90 Å². The van der Waals surface area contributed by atoms with Gasteiger partial charge in [0.1, 0.15) is 0 Å². The number of anilines is 1. The summed E-state index contributed by atoms with van der Waals surface area (Å²) in [5.41, 5.74) is 2.25. The van der Waals surface area contributed by atoms with E-state index in [1.807, 2.05) is 17.0 Å². The zero-order valence-electron chi connectivity index (χ0n) is 11.2. The lowest BCUT2D eigenvalue weighted by molar-refractivity contribution is -0.246. The van der Waals surface area contributed by atoms with E-state index in [2.05, 4.69) is 26.0 Å². The van der Waals surface area contributed by atoms with Gasteiger partial charge in [0.2, 0.25) is 0 Å². The van der Waals surface area contributed by atoms with E-state index in [4.69, 9.17) is 0 Å². The van der Waals surface area contributed by atoms with Gasteiger partial charge in [0.25, 0.3) is 0 Å². The molecule has 2 rings (SSSR count). The van der Waals surface area contributed by atoms with Gasteiger partial charge < -0.3 is 4.90 Å². The van der Waals surface area contributed by atoms with Crippen molar-refractivity contribution >= 4 is 5.69 Å². The fourth-order valence-electron chi connectivity index (χ4n) is 2.29. The topological polar surface area (TPSA) is 6.48 Å². The summed E-state index contributed by atoms with van der Waals surface area (Å²) in [6.07, 6.45) is -4.20. The standard InChI is InChI=1S/C14H19F3N2/c1-11(2)12-3-5-13(6-4-12)18-7-9-19(10-8-18)14(15,16)17/h3-6,11H,7-10H2,1-2H3. The van der Waals surface area contributed by atoms with E-state index >= 15 is 0 Å². The highest BCUT2D eigenvalue weighted by Crippen LogP contribution is 2.25. The molecule has 0 spiro atoms. The van der Waals surface area contributed by atoms with Crippen molar-refractivity contribution in [3.63, 3.8) is 0 Å². The molecule has 1 aromatic rings. The van der Waals surface area contributed by atoms with Crippen molar-refractivity contribution < 1.29 is 13.2 Å². The molecular weight excluding hydrogens is 253 g/mol. The third kappa shape index (κ3) is 3.41. The predicted molar refractivity (Wildman–Crippen MR) is 70.4 cm³/mol. The number of hydrogen-bond donors (Lipinski definition) is 0. The molecule has 0 aliphatic carbocycles. The Hall–Kier alpha value is -1.23. The van der Waals surface area contributed by atoms with Crippen LogP contribution in [0.4, 0.5) is 18.9 Å². The molecule has 0 amide bonds. The first-order chi connectivity index (χ1) is 8.88. The number of benzene rings is 1. The lowest BCUT2D eigenvalue weighted by Crippen LogP contribution is -2.51. The first-order valence-corrected chi connectivity index (χ1v) is 6.54. The Morgan fingerprint density at radius 3 is 1.89 bits per heavy atom. The van der Waals surface area contributed by atoms with Crippen molar-refractivity contribution in [2.45, 2.75) is 26.1 Å². The van der Waals surface area contributed by atoms with Crippen LogP contribution >= 0.6 is 0 Å². The third-order valence-corrected chi connectivity index (χ3v) is 3.56. The van der Waals surface area contributed by atoms with Crippen LogP contribution in [-0.2, 0) is 0 Å². The van der Waals surface area contributed by atoms with Gasteiger partial charge in [-0.2, -0.15) is 13.2 Å². The molecule has 19 heavy (non-hydrogen) atoms. The average Bonchev–Trinajstić information content (AvgIpc) is 2.38. The van der Waals surface area contributed by atoms with Crippen molar-refractivity contribution in [3.05, 3.63) is 29.8 Å². The first-order valence-electron chi connectivity index (χ1n) is 6.54. The number of nitrogens with zero attached hydrogens (tertiary/aromatic N) is 2. The molecule has 1 saturated heterocycles. The maximum Gasteiger partial charge on any atom is 0.460 e. The van der Waals surface area contributed by atoms with Gasteiger partial charge in [0, 0.05) is 31.9 Å². The van der Waals surface area contributed by atoms with Gasteiger partial charge in [0.15, 0.2) is 0 Å². The van der Waals surface area contributed by atoms with E-state index in [-0.39, 0.29) is 13.1 Å². The molecular formula is C14H19F3N2. The Kier molecular flexibility index (Phi) is 4.04. The number of piperazine rings is 1. The second-order valence-corrected chi connectivity index (χ2v) is 5.19. The van der Waals surface area contributed by atoms with E-state index < -0.39 is 6.30 Å². The monoisotopic (exact) mass is 272 g/mol. The lowest BCUT2D eigenvalue weighted by atomic mass is 10.0. The molecule has 0 unspecified atom stereocenters. The van der Waals surface area contributed by atoms with Gasteiger partial charge in [-0.25, -0.2) is 4.90 Å². The Labute approximate surface area is 111 Å². The summed E-state index contributed by atoms with van der Waals surface area (Å²) in [6, 6.07) is 8.10. The van der Waals surface area contributed by atoms with Gasteiger partial charge in [-0.05, 0) is 23.6 Å². The molecule has 0 radical (unpaired) electrons. The highest BCUT2D eigenvalue weighted by Gasteiger charge is 2.38. The highest BCUT2D eigenvalue weighted by molar-refractivity contribution is 5.48. The van der Waals surface area contributed by atoms with Crippen LogP contribution in [0.5, 0.6) is 0 Å². The zero-order valence-corrected chi connectivity index (χ0v) is 11.2. The third-order valence-electron chi connectivity index (χ3n) is 3.56. The van der Waals surface area contributed by atoms with E-state index in [0.29, 0.717) is 23.9 Å². The van der Waals surface area contributed by atoms with Crippen LogP contribution in [0.1, 0.15) is 25.3 Å². The van der Waals surface area contributed by atoms with Crippen molar-refractivity contribution in [3.8, 4) is 0 Å². The van der Waals surface area contributed by atoms with Gasteiger partial charge in [-0.15, -0.1) is 0 Å². The van der Waals surface area contributed by atoms with Gasteiger partial charge in [0.05, 0.1) is 0 Å². The first kappa shape index (κ1) is 14.2. The molecule has 1 heterocycles. The largest absolute Gasteiger partial charge is 0.460 e. The van der Waals surface area contributed by atoms with Gasteiger partial charge in [-0.3, -0.25) is 0 Å². The van der Waals surface area contributed by atoms with E-state index in [1.54, 1.807) is 0 Å². The molecule has 106 valence electrons. The molecule has 1 fully saturated rings. The van der Waals surface area contributed by atoms with Crippen LogP contribution in [0.3, 0.4) is 0 Å². The second-order valence-electron chi connectivity index (χ2n) is 5.19. The smallest absolute Gasteiger partial charge is 0.369 e. The van der Waals surface area contributed by atoms with Crippen LogP contribution in [0, 0.1) is 0 Å². The van der Waals surface area contributed by atoms with Crippen LogP contribution in [0.15, 0.2) is 24.3 Å². The molecule has 0 aromatic heterocycles. The van der Waals surface area contributed by atoms with Crippen molar-refractivity contribution in [2.24, 2.45) is 0 Å². The summed E-state index contributed by atoms with van der Waals surface area (Å²) in [6.45, 7) is 5.15. The fraction of sp³-hybridized carbons (Fsp3) is 0.571. The number of halogens is 3. The quantitative estimate of drug-likeness (QED) is 0.761. The maximum atomic E-state index is 12.5. The summed E-state index contributed by atoms with van der Waals surface area (Å²) in [5.74, 6) is 0.469. The summed E-state index contributed by atoms with van der Waals surface area (Å²) in [7, 11) is 0. The SMILES string of the molecule is CC(C)c1ccc(N2CCN(C(F)(F)F)CC2)cc1. The number of alkyl halides is 3. The second kappa shape index (κ2) is 5.41. The minimum atomic E-state index is -4.20. The molecule has 1 aliphatic heterocycles. The van der Waals surface area contributed by atoms with Crippen LogP contribution < -0.4 is 4.90 Å². The molecule has 0 atom stereocenters. The molecule has 1 aromatic carbocycles. The van der Waals surface area contributed by atoms with Crippen molar-refractivity contribution in [2.75, 3.05) is 31.1 Å². The fourth-order valence-corrected chi connectivity index (χ4v) is 2.29. The average molecular weight is 272 g/mol. The van der Waals surface area contributed by atoms with Crippen LogP contribution in [0.25, 0.3) is 0 Å². The van der Waals surface area contributed by atoms with Gasteiger partial charge >= 0.3 is 6.30 Å².